The van der Waals surface area contributed by atoms with E-state index >= 15 is 0 Å². The van der Waals surface area contributed by atoms with Crippen LogP contribution in [0.5, 0.6) is 0 Å². The Balaban J connectivity index is 1.59. The molecule has 0 unspecified atom stereocenters. The zero-order chi connectivity index (χ0) is 15.0. The fourth-order valence-electron chi connectivity index (χ4n) is 3.24. The second-order valence-electron chi connectivity index (χ2n) is 6.21. The van der Waals surface area contributed by atoms with E-state index < -0.39 is 0 Å². The summed E-state index contributed by atoms with van der Waals surface area (Å²) in [4.78, 5) is 0. The fourth-order valence-corrected chi connectivity index (χ4v) is 3.24. The standard InChI is InChI=1S/C20H20N2/c1-2-20(12-13-20)18-8-4-16(5-9-18)17-6-10-19(11-7-17)22-15-3-14-21-22/h3-11,14-15H,2,12-13H2,1H3. The predicted molar refractivity (Wildman–Crippen MR) is 90.2 cm³/mol. The molecule has 0 radical (unpaired) electrons. The Labute approximate surface area is 131 Å². The van der Waals surface area contributed by atoms with Crippen molar-refractivity contribution in [3.8, 4) is 16.8 Å². The van der Waals surface area contributed by atoms with Gasteiger partial charge in [-0.15, -0.1) is 0 Å². The predicted octanol–water partition coefficient (Wildman–Crippen LogP) is 4.98. The van der Waals surface area contributed by atoms with Crippen molar-refractivity contribution in [2.24, 2.45) is 0 Å². The van der Waals surface area contributed by atoms with Gasteiger partial charge in [0.1, 0.15) is 0 Å². The van der Waals surface area contributed by atoms with E-state index in [4.69, 9.17) is 0 Å². The van der Waals surface area contributed by atoms with Crippen molar-refractivity contribution in [1.29, 1.82) is 0 Å². The van der Waals surface area contributed by atoms with Crippen molar-refractivity contribution in [2.45, 2.75) is 31.6 Å². The average Bonchev–Trinajstić information content (AvgIpc) is 3.20. The molecule has 2 aromatic carbocycles. The van der Waals surface area contributed by atoms with Crippen LogP contribution in [0.2, 0.25) is 0 Å². The molecule has 2 nitrogen and oxygen atoms in total. The van der Waals surface area contributed by atoms with Gasteiger partial charge in [0.15, 0.2) is 0 Å². The molecule has 1 heterocycles. The molecule has 1 aromatic heterocycles. The van der Waals surface area contributed by atoms with Crippen molar-refractivity contribution < 1.29 is 0 Å². The van der Waals surface area contributed by atoms with E-state index in [0.29, 0.717) is 5.41 Å². The van der Waals surface area contributed by atoms with E-state index in [1.54, 1.807) is 6.20 Å². The third-order valence-electron chi connectivity index (χ3n) is 5.00. The molecule has 0 aliphatic heterocycles. The lowest BCUT2D eigenvalue weighted by molar-refractivity contribution is 0.664. The van der Waals surface area contributed by atoms with Crippen molar-refractivity contribution >= 4 is 0 Å². The Morgan fingerprint density at radius 1 is 0.955 bits per heavy atom. The maximum atomic E-state index is 4.26. The maximum absolute atomic E-state index is 4.26. The SMILES string of the molecule is CCC1(c2ccc(-c3ccc(-n4cccn4)cc3)cc2)CC1. The van der Waals surface area contributed by atoms with E-state index in [2.05, 4.69) is 60.6 Å². The summed E-state index contributed by atoms with van der Waals surface area (Å²) < 4.78 is 1.88. The van der Waals surface area contributed by atoms with Crippen LogP contribution >= 0.6 is 0 Å². The number of nitrogens with zero attached hydrogens (tertiary/aromatic N) is 2. The van der Waals surface area contributed by atoms with Gasteiger partial charge in [-0.1, -0.05) is 43.3 Å². The van der Waals surface area contributed by atoms with E-state index in [9.17, 15) is 0 Å². The van der Waals surface area contributed by atoms with Crippen LogP contribution < -0.4 is 0 Å². The van der Waals surface area contributed by atoms with Gasteiger partial charge in [-0.25, -0.2) is 4.68 Å². The van der Waals surface area contributed by atoms with Gasteiger partial charge >= 0.3 is 0 Å². The first-order chi connectivity index (χ1) is 10.8. The van der Waals surface area contributed by atoms with Crippen LogP contribution in [-0.2, 0) is 5.41 Å². The Bertz CT molecular complexity index is 748. The Morgan fingerprint density at radius 2 is 1.59 bits per heavy atom. The zero-order valence-electron chi connectivity index (χ0n) is 12.9. The number of benzene rings is 2. The molecule has 110 valence electrons. The minimum atomic E-state index is 0.489. The third-order valence-corrected chi connectivity index (χ3v) is 5.00. The highest BCUT2D eigenvalue weighted by Gasteiger charge is 2.41. The lowest BCUT2D eigenvalue weighted by Gasteiger charge is -2.13. The quantitative estimate of drug-likeness (QED) is 0.662. The second kappa shape index (κ2) is 5.13. The van der Waals surface area contributed by atoms with Gasteiger partial charge in [0.2, 0.25) is 0 Å². The number of hydrogen-bond donors (Lipinski definition) is 0. The Kier molecular flexibility index (Phi) is 3.11. The van der Waals surface area contributed by atoms with Gasteiger partial charge in [0.05, 0.1) is 5.69 Å². The summed E-state index contributed by atoms with van der Waals surface area (Å²) in [6.07, 6.45) is 7.71. The van der Waals surface area contributed by atoms with E-state index in [1.165, 1.54) is 36.0 Å². The molecule has 0 bridgehead atoms. The zero-order valence-corrected chi connectivity index (χ0v) is 12.9. The smallest absolute Gasteiger partial charge is 0.0645 e. The summed E-state index contributed by atoms with van der Waals surface area (Å²) in [5, 5.41) is 4.26. The lowest BCUT2D eigenvalue weighted by Crippen LogP contribution is -2.03. The van der Waals surface area contributed by atoms with E-state index in [-0.39, 0.29) is 0 Å². The molecular weight excluding hydrogens is 268 g/mol. The van der Waals surface area contributed by atoms with Crippen molar-refractivity contribution in [2.75, 3.05) is 0 Å². The monoisotopic (exact) mass is 288 g/mol. The molecule has 2 heteroatoms. The minimum Gasteiger partial charge on any atom is -0.241 e. The molecule has 3 aromatic rings. The number of hydrogen-bond acceptors (Lipinski definition) is 1. The molecule has 1 aliphatic carbocycles. The highest BCUT2D eigenvalue weighted by molar-refractivity contribution is 5.65. The van der Waals surface area contributed by atoms with Crippen LogP contribution in [0.1, 0.15) is 31.7 Å². The fraction of sp³-hybridized carbons (Fsp3) is 0.250. The summed E-state index contributed by atoms with van der Waals surface area (Å²) in [7, 11) is 0. The normalized spacial score (nSPS) is 15.7. The average molecular weight is 288 g/mol. The van der Waals surface area contributed by atoms with Gasteiger partial charge in [0, 0.05) is 12.4 Å². The number of aromatic nitrogens is 2. The molecule has 0 saturated heterocycles. The van der Waals surface area contributed by atoms with Crippen LogP contribution in [0.3, 0.4) is 0 Å². The molecule has 22 heavy (non-hydrogen) atoms. The first-order valence-corrected chi connectivity index (χ1v) is 8.02. The first-order valence-electron chi connectivity index (χ1n) is 8.02. The molecule has 0 atom stereocenters. The largest absolute Gasteiger partial charge is 0.241 e. The summed E-state index contributed by atoms with van der Waals surface area (Å²) in [6, 6.07) is 19.6. The molecule has 1 aliphatic rings. The maximum Gasteiger partial charge on any atom is 0.0645 e. The van der Waals surface area contributed by atoms with Gasteiger partial charge in [-0.2, -0.15) is 5.10 Å². The molecule has 0 amide bonds. The lowest BCUT2D eigenvalue weighted by atomic mass is 9.91. The topological polar surface area (TPSA) is 17.8 Å². The molecule has 1 saturated carbocycles. The van der Waals surface area contributed by atoms with Crippen LogP contribution in [0.4, 0.5) is 0 Å². The van der Waals surface area contributed by atoms with Gasteiger partial charge in [-0.3, -0.25) is 0 Å². The highest BCUT2D eigenvalue weighted by Crippen LogP contribution is 2.50. The van der Waals surface area contributed by atoms with Crippen LogP contribution in [0.25, 0.3) is 16.8 Å². The van der Waals surface area contributed by atoms with E-state index in [0.717, 1.165) is 5.69 Å². The summed E-state index contributed by atoms with van der Waals surface area (Å²) >= 11 is 0. The molecule has 0 N–H and O–H groups in total. The second-order valence-corrected chi connectivity index (χ2v) is 6.21. The Hall–Kier alpha value is -2.35. The van der Waals surface area contributed by atoms with Crippen molar-refractivity contribution in [3.05, 3.63) is 72.6 Å². The molecular formula is C20H20N2. The summed E-state index contributed by atoms with van der Waals surface area (Å²) in [5.41, 5.74) is 5.62. The van der Waals surface area contributed by atoms with Gasteiger partial charge in [-0.05, 0) is 59.6 Å². The first kappa shape index (κ1) is 13.3. The van der Waals surface area contributed by atoms with Crippen LogP contribution in [0, 0.1) is 0 Å². The van der Waals surface area contributed by atoms with Gasteiger partial charge < -0.3 is 0 Å². The summed E-state index contributed by atoms with van der Waals surface area (Å²) in [6.45, 7) is 2.30. The Morgan fingerprint density at radius 3 is 2.09 bits per heavy atom. The van der Waals surface area contributed by atoms with Crippen molar-refractivity contribution in [1.82, 2.24) is 9.78 Å². The van der Waals surface area contributed by atoms with Crippen LogP contribution in [0.15, 0.2) is 67.0 Å². The summed E-state index contributed by atoms with van der Waals surface area (Å²) in [5.74, 6) is 0. The highest BCUT2D eigenvalue weighted by atomic mass is 15.3. The van der Waals surface area contributed by atoms with Gasteiger partial charge in [0.25, 0.3) is 0 Å². The number of rotatable bonds is 4. The van der Waals surface area contributed by atoms with Crippen LogP contribution in [-0.4, -0.2) is 9.78 Å². The third kappa shape index (κ3) is 2.25. The van der Waals surface area contributed by atoms with E-state index in [1.807, 2.05) is 16.9 Å². The van der Waals surface area contributed by atoms with Crippen molar-refractivity contribution in [3.63, 3.8) is 0 Å². The molecule has 0 spiro atoms. The molecule has 1 fully saturated rings. The minimum absolute atomic E-state index is 0.489. The molecule has 4 rings (SSSR count).